The van der Waals surface area contributed by atoms with Gasteiger partial charge in [-0.2, -0.15) is 5.10 Å². The molecule has 0 spiro atoms. The van der Waals surface area contributed by atoms with Crippen LogP contribution in [0.5, 0.6) is 0 Å². The minimum Gasteiger partial charge on any atom is -0.454 e. The van der Waals surface area contributed by atoms with Gasteiger partial charge in [-0.1, -0.05) is 6.07 Å². The summed E-state index contributed by atoms with van der Waals surface area (Å²) in [5.41, 5.74) is 5.97. The van der Waals surface area contributed by atoms with Crippen LogP contribution in [0, 0.1) is 11.6 Å². The molecule has 0 amide bonds. The summed E-state index contributed by atoms with van der Waals surface area (Å²) >= 11 is 0. The van der Waals surface area contributed by atoms with E-state index in [4.69, 9.17) is 15.2 Å². The predicted octanol–water partition coefficient (Wildman–Crippen LogP) is 2.08. The molecule has 9 heteroatoms. The highest BCUT2D eigenvalue weighted by Crippen LogP contribution is 2.29. The van der Waals surface area contributed by atoms with Gasteiger partial charge in [-0.05, 0) is 25.0 Å². The Morgan fingerprint density at radius 2 is 1.89 bits per heavy atom. The lowest BCUT2D eigenvalue weighted by Gasteiger charge is -2.21. The first-order valence-electron chi connectivity index (χ1n) is 8.52. The summed E-state index contributed by atoms with van der Waals surface area (Å²) in [7, 11) is 0. The fourth-order valence-electron chi connectivity index (χ4n) is 3.08. The van der Waals surface area contributed by atoms with Crippen LogP contribution in [0.2, 0.25) is 0 Å². The second-order valence-electron chi connectivity index (χ2n) is 6.15. The second-order valence-corrected chi connectivity index (χ2v) is 6.15. The Labute approximate surface area is 153 Å². The maximum absolute atomic E-state index is 13.7. The van der Waals surface area contributed by atoms with Crippen molar-refractivity contribution in [1.82, 2.24) is 10.2 Å². The van der Waals surface area contributed by atoms with E-state index in [1.807, 2.05) is 0 Å². The molecule has 0 radical (unpaired) electrons. The first-order chi connectivity index (χ1) is 13.0. The number of benzene rings is 1. The molecule has 1 aliphatic heterocycles. The van der Waals surface area contributed by atoms with Gasteiger partial charge in [-0.25, -0.2) is 13.6 Å². The smallest absolute Gasteiger partial charge is 0.342 e. The van der Waals surface area contributed by atoms with Crippen LogP contribution in [-0.2, 0) is 16.0 Å². The van der Waals surface area contributed by atoms with Gasteiger partial charge in [0.05, 0.1) is 17.0 Å². The highest BCUT2D eigenvalue weighted by molar-refractivity contribution is 6.00. The van der Waals surface area contributed by atoms with Crippen molar-refractivity contribution in [3.8, 4) is 0 Å². The van der Waals surface area contributed by atoms with E-state index in [-0.39, 0.29) is 18.0 Å². The van der Waals surface area contributed by atoms with E-state index in [0.717, 1.165) is 18.2 Å². The molecule has 1 fully saturated rings. The van der Waals surface area contributed by atoms with Crippen LogP contribution in [0.15, 0.2) is 18.2 Å². The average Bonchev–Trinajstić information content (AvgIpc) is 3.11. The number of carbonyl (C=O) groups is 2. The lowest BCUT2D eigenvalue weighted by Crippen LogP contribution is -2.21. The number of nitrogens with one attached hydrogen (secondary N) is 1. The molecule has 144 valence electrons. The van der Waals surface area contributed by atoms with Crippen LogP contribution in [0.3, 0.4) is 0 Å². The number of aromatic amines is 1. The van der Waals surface area contributed by atoms with Gasteiger partial charge in [0.25, 0.3) is 0 Å². The Hall–Kier alpha value is -2.65. The Kier molecular flexibility index (Phi) is 5.92. The van der Waals surface area contributed by atoms with Crippen LogP contribution < -0.4 is 5.73 Å². The highest BCUT2D eigenvalue weighted by Gasteiger charge is 2.29. The quantitative estimate of drug-likeness (QED) is 0.588. The van der Waals surface area contributed by atoms with Gasteiger partial charge in [0, 0.05) is 25.7 Å². The summed E-state index contributed by atoms with van der Waals surface area (Å²) in [6, 6.07) is 3.07. The Morgan fingerprint density at radius 1 is 1.22 bits per heavy atom. The molecular weight excluding hydrogens is 360 g/mol. The van der Waals surface area contributed by atoms with Crippen molar-refractivity contribution in [2.24, 2.45) is 5.73 Å². The molecule has 7 nitrogen and oxygen atoms in total. The Balaban J connectivity index is 1.76. The molecule has 27 heavy (non-hydrogen) atoms. The number of carbonyl (C=O) groups excluding carboxylic acids is 2. The molecule has 2 heterocycles. The molecule has 0 bridgehead atoms. The maximum Gasteiger partial charge on any atom is 0.342 e. The fourth-order valence-corrected chi connectivity index (χ4v) is 3.08. The van der Waals surface area contributed by atoms with Crippen LogP contribution >= 0.6 is 0 Å². The molecule has 1 saturated heterocycles. The molecular formula is C18H19F2N3O4. The van der Waals surface area contributed by atoms with Crippen LogP contribution in [0.1, 0.15) is 50.9 Å². The van der Waals surface area contributed by atoms with Crippen molar-refractivity contribution < 1.29 is 27.8 Å². The number of Topliss-reactive ketones (excluding diaryl/α,β-unsaturated/α-hetero) is 1. The minimum absolute atomic E-state index is 0.00226. The number of ketones is 1. The van der Waals surface area contributed by atoms with E-state index in [1.165, 1.54) is 0 Å². The number of rotatable bonds is 6. The SMILES string of the molecule is NCc1[nH]nc(C2CCOCC2)c1C(=O)OCC(=O)c1c(F)cccc1F. The largest absolute Gasteiger partial charge is 0.454 e. The Bertz CT molecular complexity index is 827. The van der Waals surface area contributed by atoms with Crippen molar-refractivity contribution in [2.45, 2.75) is 25.3 Å². The molecule has 3 N–H and O–H groups in total. The van der Waals surface area contributed by atoms with Gasteiger partial charge in [0.2, 0.25) is 5.78 Å². The first kappa shape index (κ1) is 19.1. The number of esters is 1. The van der Waals surface area contributed by atoms with Crippen molar-refractivity contribution >= 4 is 11.8 Å². The molecule has 1 aromatic carbocycles. The molecule has 3 rings (SSSR count). The lowest BCUT2D eigenvalue weighted by molar-refractivity contribution is 0.0466. The number of hydrogen-bond donors (Lipinski definition) is 2. The van der Waals surface area contributed by atoms with Gasteiger partial charge >= 0.3 is 5.97 Å². The van der Waals surface area contributed by atoms with E-state index in [2.05, 4.69) is 10.2 Å². The van der Waals surface area contributed by atoms with Gasteiger partial charge in [0.1, 0.15) is 17.2 Å². The number of aromatic nitrogens is 2. The zero-order chi connectivity index (χ0) is 19.4. The van der Waals surface area contributed by atoms with E-state index in [1.54, 1.807) is 0 Å². The average molecular weight is 379 g/mol. The highest BCUT2D eigenvalue weighted by atomic mass is 19.1. The molecule has 0 atom stereocenters. The normalized spacial score (nSPS) is 14.9. The van der Waals surface area contributed by atoms with Gasteiger partial charge < -0.3 is 15.2 Å². The Morgan fingerprint density at radius 3 is 2.52 bits per heavy atom. The van der Waals surface area contributed by atoms with E-state index >= 15 is 0 Å². The standard InChI is InChI=1S/C18H19F2N3O4/c19-11-2-1-3-12(20)15(11)14(24)9-27-18(25)16-13(8-21)22-23-17(16)10-4-6-26-7-5-10/h1-3,10H,4-9,21H2,(H,22,23). The number of nitrogens with two attached hydrogens (primary N) is 1. The summed E-state index contributed by atoms with van der Waals surface area (Å²) in [5, 5.41) is 6.90. The number of ether oxygens (including phenoxy) is 2. The third-order valence-corrected chi connectivity index (χ3v) is 4.46. The molecule has 1 aliphatic rings. The number of hydrogen-bond acceptors (Lipinski definition) is 6. The zero-order valence-corrected chi connectivity index (χ0v) is 14.5. The van der Waals surface area contributed by atoms with Crippen molar-refractivity contribution in [3.05, 3.63) is 52.3 Å². The van der Waals surface area contributed by atoms with Gasteiger partial charge in [-0.15, -0.1) is 0 Å². The summed E-state index contributed by atoms with van der Waals surface area (Å²) in [5.74, 6) is -3.80. The molecule has 1 aromatic heterocycles. The first-order valence-corrected chi connectivity index (χ1v) is 8.52. The van der Waals surface area contributed by atoms with E-state index < -0.39 is 35.6 Å². The second kappa shape index (κ2) is 8.36. The van der Waals surface area contributed by atoms with Crippen LogP contribution in [0.25, 0.3) is 0 Å². The van der Waals surface area contributed by atoms with Gasteiger partial charge in [-0.3, -0.25) is 9.89 Å². The summed E-state index contributed by atoms with van der Waals surface area (Å²) in [6.45, 7) is 0.333. The summed E-state index contributed by atoms with van der Waals surface area (Å²) in [6.07, 6.45) is 1.38. The predicted molar refractivity (Wildman–Crippen MR) is 90.2 cm³/mol. The van der Waals surface area contributed by atoms with Crippen molar-refractivity contribution in [3.63, 3.8) is 0 Å². The fraction of sp³-hybridized carbons (Fsp3) is 0.389. The number of halogens is 2. The molecule has 0 unspecified atom stereocenters. The molecule has 2 aromatic rings. The number of H-pyrrole nitrogens is 1. The van der Waals surface area contributed by atoms with Crippen molar-refractivity contribution in [2.75, 3.05) is 19.8 Å². The third kappa shape index (κ3) is 4.04. The number of nitrogens with zero attached hydrogens (tertiary/aromatic N) is 1. The van der Waals surface area contributed by atoms with E-state index in [9.17, 15) is 18.4 Å². The third-order valence-electron chi connectivity index (χ3n) is 4.46. The van der Waals surface area contributed by atoms with Crippen LogP contribution in [0.4, 0.5) is 8.78 Å². The topological polar surface area (TPSA) is 107 Å². The summed E-state index contributed by atoms with van der Waals surface area (Å²) < 4.78 is 37.7. The lowest BCUT2D eigenvalue weighted by atomic mass is 9.93. The maximum atomic E-state index is 13.7. The molecule has 0 aliphatic carbocycles. The molecule has 0 saturated carbocycles. The van der Waals surface area contributed by atoms with Crippen molar-refractivity contribution in [1.29, 1.82) is 0 Å². The summed E-state index contributed by atoms with van der Waals surface area (Å²) in [4.78, 5) is 24.6. The minimum atomic E-state index is -1.01. The zero-order valence-electron chi connectivity index (χ0n) is 14.5. The monoisotopic (exact) mass is 379 g/mol. The van der Waals surface area contributed by atoms with E-state index in [0.29, 0.717) is 37.4 Å². The van der Waals surface area contributed by atoms with Crippen LogP contribution in [-0.4, -0.2) is 41.8 Å². The van der Waals surface area contributed by atoms with Gasteiger partial charge in [0.15, 0.2) is 6.61 Å².